The van der Waals surface area contributed by atoms with Gasteiger partial charge in [0.25, 0.3) is 11.8 Å². The van der Waals surface area contributed by atoms with Crippen LogP contribution in [0.3, 0.4) is 0 Å². The molecule has 1 heterocycles. The summed E-state index contributed by atoms with van der Waals surface area (Å²) in [6.07, 6.45) is 3.16. The monoisotopic (exact) mass is 461 g/mol. The van der Waals surface area contributed by atoms with Crippen molar-refractivity contribution in [1.29, 1.82) is 0 Å². The van der Waals surface area contributed by atoms with Crippen LogP contribution < -0.4 is 20.2 Å². The molecule has 1 aromatic rings. The largest absolute Gasteiger partial charge is 0.490 e. The number of hydrazine groups is 1. The topological polar surface area (TPSA) is 123 Å². The fraction of sp³-hybridized carbons (Fsp3) is 0.565. The van der Waals surface area contributed by atoms with Crippen molar-refractivity contribution in [3.63, 3.8) is 0 Å². The number of esters is 1. The minimum absolute atomic E-state index is 0.0501. The minimum Gasteiger partial charge on any atom is -0.490 e. The summed E-state index contributed by atoms with van der Waals surface area (Å²) in [7, 11) is 0. The number of rotatable bonds is 10. The Kier molecular flexibility index (Phi) is 8.13. The van der Waals surface area contributed by atoms with Crippen LogP contribution in [0.15, 0.2) is 24.3 Å². The first-order chi connectivity index (χ1) is 15.8. The molecule has 1 saturated carbocycles. The van der Waals surface area contributed by atoms with Gasteiger partial charge < -0.3 is 19.5 Å². The molecule has 2 fully saturated rings. The highest BCUT2D eigenvalue weighted by Crippen LogP contribution is 2.35. The van der Waals surface area contributed by atoms with E-state index < -0.39 is 36.0 Å². The fourth-order valence-corrected chi connectivity index (χ4v) is 3.93. The van der Waals surface area contributed by atoms with Crippen molar-refractivity contribution < 1.29 is 33.4 Å². The summed E-state index contributed by atoms with van der Waals surface area (Å²) < 4.78 is 16.1. The summed E-state index contributed by atoms with van der Waals surface area (Å²) in [5, 5.41) is 3.40. The second-order valence-electron chi connectivity index (χ2n) is 8.36. The first-order valence-corrected chi connectivity index (χ1v) is 11.3. The van der Waals surface area contributed by atoms with E-state index in [-0.39, 0.29) is 13.0 Å². The Morgan fingerprint density at radius 1 is 1.15 bits per heavy atom. The Labute approximate surface area is 192 Å². The van der Waals surface area contributed by atoms with Crippen molar-refractivity contribution in [2.45, 2.75) is 57.9 Å². The third kappa shape index (κ3) is 6.15. The van der Waals surface area contributed by atoms with Gasteiger partial charge in [0.2, 0.25) is 0 Å². The van der Waals surface area contributed by atoms with E-state index in [1.165, 1.54) is 0 Å². The van der Waals surface area contributed by atoms with Crippen LogP contribution in [0.2, 0.25) is 0 Å². The van der Waals surface area contributed by atoms with Crippen molar-refractivity contribution in [2.24, 2.45) is 5.92 Å². The molecule has 4 amide bonds. The van der Waals surface area contributed by atoms with Gasteiger partial charge in [0.15, 0.2) is 18.1 Å². The van der Waals surface area contributed by atoms with Crippen LogP contribution in [0.25, 0.3) is 0 Å². The van der Waals surface area contributed by atoms with Crippen molar-refractivity contribution >= 4 is 23.8 Å². The van der Waals surface area contributed by atoms with E-state index in [1.54, 1.807) is 12.1 Å². The van der Waals surface area contributed by atoms with Crippen LogP contribution >= 0.6 is 0 Å². The number of nitrogens with zero attached hydrogens (tertiary/aromatic N) is 1. The number of para-hydroxylation sites is 2. The molecule has 180 valence electrons. The lowest BCUT2D eigenvalue weighted by molar-refractivity contribution is -0.151. The van der Waals surface area contributed by atoms with Gasteiger partial charge in [0.1, 0.15) is 5.54 Å². The number of imide groups is 1. The standard InChI is InChI=1S/C23H31N3O7/c1-3-31-17-7-4-5-8-18(17)32-14-6-9-20(28)33-15-19(27)25-26-21(29)23(24-22(26)30)12-10-16(2)11-13-23/h4-5,7-8,16H,3,6,9-15H2,1-2H3,(H,24,30)(H,25,27). The van der Waals surface area contributed by atoms with E-state index >= 15 is 0 Å². The Bertz CT molecular complexity index is 881. The third-order valence-electron chi connectivity index (χ3n) is 5.82. The average Bonchev–Trinajstić information content (AvgIpc) is 3.02. The van der Waals surface area contributed by atoms with Crippen molar-refractivity contribution in [2.75, 3.05) is 19.8 Å². The van der Waals surface area contributed by atoms with E-state index in [4.69, 9.17) is 14.2 Å². The lowest BCUT2D eigenvalue weighted by Gasteiger charge is -2.33. The fourth-order valence-electron chi connectivity index (χ4n) is 3.93. The quantitative estimate of drug-likeness (QED) is 0.311. The van der Waals surface area contributed by atoms with Gasteiger partial charge in [-0.15, -0.1) is 0 Å². The summed E-state index contributed by atoms with van der Waals surface area (Å²) in [6, 6.07) is 6.58. The highest BCUT2D eigenvalue weighted by Gasteiger charge is 2.52. The predicted octanol–water partition coefficient (Wildman–Crippen LogP) is 2.32. The van der Waals surface area contributed by atoms with Crippen molar-refractivity contribution in [1.82, 2.24) is 15.8 Å². The van der Waals surface area contributed by atoms with Gasteiger partial charge in [-0.3, -0.25) is 19.8 Å². The Morgan fingerprint density at radius 3 is 2.48 bits per heavy atom. The number of benzene rings is 1. The first-order valence-electron chi connectivity index (χ1n) is 11.3. The predicted molar refractivity (Wildman–Crippen MR) is 117 cm³/mol. The molecule has 10 heteroatoms. The van der Waals surface area contributed by atoms with E-state index in [1.807, 2.05) is 19.1 Å². The summed E-state index contributed by atoms with van der Waals surface area (Å²) in [4.78, 5) is 49.0. The highest BCUT2D eigenvalue weighted by molar-refractivity contribution is 6.08. The number of urea groups is 1. The van der Waals surface area contributed by atoms with Gasteiger partial charge in [-0.05, 0) is 57.1 Å². The van der Waals surface area contributed by atoms with Crippen LogP contribution in [-0.4, -0.2) is 54.2 Å². The van der Waals surface area contributed by atoms with Crippen LogP contribution in [-0.2, 0) is 19.1 Å². The molecule has 0 atom stereocenters. The number of hydrogen-bond acceptors (Lipinski definition) is 7. The van der Waals surface area contributed by atoms with Gasteiger partial charge in [-0.25, -0.2) is 4.79 Å². The maximum atomic E-state index is 12.7. The molecule has 2 aliphatic rings. The zero-order valence-corrected chi connectivity index (χ0v) is 19.1. The van der Waals surface area contributed by atoms with E-state index in [2.05, 4.69) is 17.7 Å². The first kappa shape index (κ1) is 24.3. The Hall–Kier alpha value is -3.30. The Morgan fingerprint density at radius 2 is 1.82 bits per heavy atom. The molecular formula is C23H31N3O7. The zero-order chi connectivity index (χ0) is 23.8. The van der Waals surface area contributed by atoms with E-state index in [0.29, 0.717) is 48.3 Å². The number of ether oxygens (including phenoxy) is 3. The van der Waals surface area contributed by atoms with E-state index in [0.717, 1.165) is 12.8 Å². The highest BCUT2D eigenvalue weighted by atomic mass is 16.5. The molecule has 1 aliphatic carbocycles. The normalized spacial score (nSPS) is 22.1. The van der Waals surface area contributed by atoms with E-state index in [9.17, 15) is 19.2 Å². The molecule has 2 N–H and O–H groups in total. The summed E-state index contributed by atoms with van der Waals surface area (Å²) >= 11 is 0. The van der Waals surface area contributed by atoms with Gasteiger partial charge in [0.05, 0.1) is 13.2 Å². The van der Waals surface area contributed by atoms with Crippen LogP contribution in [0.4, 0.5) is 4.79 Å². The van der Waals surface area contributed by atoms with Crippen LogP contribution in [0, 0.1) is 5.92 Å². The lowest BCUT2D eigenvalue weighted by Crippen LogP contribution is -2.52. The molecule has 1 saturated heterocycles. The molecule has 1 aromatic carbocycles. The molecule has 0 bridgehead atoms. The van der Waals surface area contributed by atoms with Crippen molar-refractivity contribution in [3.8, 4) is 11.5 Å². The molecular weight excluding hydrogens is 430 g/mol. The lowest BCUT2D eigenvalue weighted by atomic mass is 9.77. The molecule has 10 nitrogen and oxygen atoms in total. The molecule has 3 rings (SSSR count). The second-order valence-corrected chi connectivity index (χ2v) is 8.36. The summed E-state index contributed by atoms with van der Waals surface area (Å²) in [5.41, 5.74) is 1.29. The SMILES string of the molecule is CCOc1ccccc1OCCCC(=O)OCC(=O)NN1C(=O)NC2(CCC(C)CC2)C1=O. The number of nitrogens with one attached hydrogen (secondary N) is 2. The molecule has 0 aromatic heterocycles. The van der Waals surface area contributed by atoms with Crippen LogP contribution in [0.1, 0.15) is 52.4 Å². The number of hydrogen-bond donors (Lipinski definition) is 2. The number of amides is 4. The third-order valence-corrected chi connectivity index (χ3v) is 5.82. The minimum atomic E-state index is -0.950. The average molecular weight is 462 g/mol. The summed E-state index contributed by atoms with van der Waals surface area (Å²) in [6.45, 7) is 4.18. The Balaban J connectivity index is 1.36. The summed E-state index contributed by atoms with van der Waals surface area (Å²) in [5.74, 6) is -0.0939. The maximum absolute atomic E-state index is 12.7. The number of carbonyl (C=O) groups excluding carboxylic acids is 4. The molecule has 0 radical (unpaired) electrons. The second kappa shape index (κ2) is 11.0. The molecule has 1 aliphatic heterocycles. The van der Waals surface area contributed by atoms with Gasteiger partial charge in [-0.1, -0.05) is 19.1 Å². The molecule has 33 heavy (non-hydrogen) atoms. The maximum Gasteiger partial charge on any atom is 0.344 e. The van der Waals surface area contributed by atoms with Gasteiger partial charge in [-0.2, -0.15) is 5.01 Å². The van der Waals surface area contributed by atoms with Crippen molar-refractivity contribution in [3.05, 3.63) is 24.3 Å². The van der Waals surface area contributed by atoms with Crippen LogP contribution in [0.5, 0.6) is 11.5 Å². The molecule has 1 spiro atoms. The smallest absolute Gasteiger partial charge is 0.344 e. The van der Waals surface area contributed by atoms with Gasteiger partial charge >= 0.3 is 12.0 Å². The number of carbonyl (C=O) groups is 4. The van der Waals surface area contributed by atoms with Gasteiger partial charge in [0, 0.05) is 6.42 Å². The molecule has 0 unspecified atom stereocenters. The zero-order valence-electron chi connectivity index (χ0n) is 19.1.